The number of hydrogen-bond acceptors (Lipinski definition) is 8. The maximum Gasteiger partial charge on any atom is 0.320 e. The molecule has 0 fully saturated rings. The molecule has 4 rings (SSSR count). The molecule has 1 amide bonds. The molecule has 2 heterocycles. The number of carbonyl (C=O) groups excluding carboxylic acids is 1. The van der Waals surface area contributed by atoms with Gasteiger partial charge in [-0.15, -0.1) is 0 Å². The van der Waals surface area contributed by atoms with Crippen molar-refractivity contribution in [1.29, 1.82) is 0 Å². The number of hydrogen-bond donors (Lipinski definition) is 0. The minimum atomic E-state index is -0.423. The molecule has 10 heteroatoms. The van der Waals surface area contributed by atoms with E-state index in [1.807, 2.05) is 61.5 Å². The molecular weight excluding hydrogens is 442 g/mol. The van der Waals surface area contributed by atoms with Crippen LogP contribution < -0.4 is 19.4 Å². The van der Waals surface area contributed by atoms with Gasteiger partial charge in [0.1, 0.15) is 11.4 Å². The number of amides is 1. The molecule has 0 atom stereocenters. The lowest BCUT2D eigenvalue weighted by atomic mass is 10.2. The van der Waals surface area contributed by atoms with Crippen LogP contribution in [0.15, 0.2) is 81.0 Å². The fourth-order valence-corrected chi connectivity index (χ4v) is 3.83. The van der Waals surface area contributed by atoms with Crippen LogP contribution in [0.2, 0.25) is 0 Å². The Morgan fingerprint density at radius 2 is 2.09 bits per heavy atom. The van der Waals surface area contributed by atoms with Crippen molar-refractivity contribution in [3.05, 3.63) is 72.1 Å². The van der Waals surface area contributed by atoms with E-state index >= 15 is 0 Å². The second kappa shape index (κ2) is 10.1. The zero-order valence-electron chi connectivity index (χ0n) is 18.0. The minimum Gasteiger partial charge on any atom is -0.861 e. The van der Waals surface area contributed by atoms with Crippen molar-refractivity contribution in [1.82, 2.24) is 5.27 Å². The predicted molar refractivity (Wildman–Crippen MR) is 124 cm³/mol. The summed E-state index contributed by atoms with van der Waals surface area (Å²) in [4.78, 5) is 23.1. The molecule has 9 nitrogen and oxygen atoms in total. The van der Waals surface area contributed by atoms with Crippen LogP contribution in [0.25, 0.3) is 6.08 Å². The number of aliphatic imine (C=N–C) groups is 2. The van der Waals surface area contributed by atoms with Crippen molar-refractivity contribution in [2.24, 2.45) is 9.98 Å². The first-order valence-corrected chi connectivity index (χ1v) is 11.1. The van der Waals surface area contributed by atoms with Gasteiger partial charge in [-0.25, -0.2) is 9.98 Å². The molecule has 2 aromatic carbocycles. The van der Waals surface area contributed by atoms with Gasteiger partial charge in [0.2, 0.25) is 5.27 Å². The second-order valence-electron chi connectivity index (χ2n) is 6.87. The number of carbonyl (C=O) groups is 1. The Hall–Kier alpha value is -3.92. The van der Waals surface area contributed by atoms with Gasteiger partial charge in [-0.2, -0.15) is 0 Å². The van der Waals surface area contributed by atoms with Crippen LogP contribution in [0.4, 0.5) is 11.6 Å². The number of para-hydroxylation sites is 1. The van der Waals surface area contributed by atoms with Gasteiger partial charge in [-0.05, 0) is 48.7 Å². The van der Waals surface area contributed by atoms with Gasteiger partial charge in [-0.3, -0.25) is 14.2 Å². The van der Waals surface area contributed by atoms with Crippen molar-refractivity contribution in [2.45, 2.75) is 13.5 Å². The van der Waals surface area contributed by atoms with E-state index in [0.29, 0.717) is 23.1 Å². The molecule has 1 aromatic heterocycles. The fraction of sp³-hybridized carbons (Fsp3) is 0.174. The smallest absolute Gasteiger partial charge is 0.320 e. The van der Waals surface area contributed by atoms with E-state index in [1.165, 1.54) is 9.58 Å². The number of ether oxygens (including phenoxy) is 1. The number of aromatic nitrogens is 2. The Balaban J connectivity index is 1.59. The lowest BCUT2D eigenvalue weighted by molar-refractivity contribution is -0.759. The van der Waals surface area contributed by atoms with Gasteiger partial charge < -0.3 is 9.84 Å². The summed E-state index contributed by atoms with van der Waals surface area (Å²) < 4.78 is 11.8. The number of methoxy groups -OCH3 is 1. The summed E-state index contributed by atoms with van der Waals surface area (Å²) in [6, 6.07) is 16.5. The van der Waals surface area contributed by atoms with E-state index in [9.17, 15) is 9.90 Å². The maximum absolute atomic E-state index is 13.2. The van der Waals surface area contributed by atoms with Crippen molar-refractivity contribution < 1.29 is 23.8 Å². The molecule has 0 radical (unpaired) electrons. The summed E-state index contributed by atoms with van der Waals surface area (Å²) >= 11 is 1.13. The van der Waals surface area contributed by atoms with E-state index in [4.69, 9.17) is 9.26 Å². The number of rotatable bonds is 7. The van der Waals surface area contributed by atoms with Crippen LogP contribution in [0, 0.1) is 0 Å². The average Bonchev–Trinajstić information content (AvgIpc) is 3.42. The Morgan fingerprint density at radius 1 is 1.27 bits per heavy atom. The molecule has 0 aliphatic carbocycles. The van der Waals surface area contributed by atoms with Gasteiger partial charge in [0.15, 0.2) is 11.7 Å². The van der Waals surface area contributed by atoms with Gasteiger partial charge in [0.25, 0.3) is 12.1 Å². The SMILES string of the molecule is CC[n+]1cc(/N=C(/[O-])CSC2=N/C(=C/c3cccc(OC)c3)C(=O)N2c2ccccc2)on1. The third-order valence-electron chi connectivity index (χ3n) is 4.62. The van der Waals surface area contributed by atoms with E-state index in [-0.39, 0.29) is 23.2 Å². The van der Waals surface area contributed by atoms with E-state index in [1.54, 1.807) is 19.4 Å². The lowest BCUT2D eigenvalue weighted by Gasteiger charge is -2.18. The molecule has 1 aliphatic rings. The monoisotopic (exact) mass is 463 g/mol. The molecule has 1 aliphatic heterocycles. The first-order chi connectivity index (χ1) is 16.1. The van der Waals surface area contributed by atoms with Crippen molar-refractivity contribution in [3.8, 4) is 5.75 Å². The number of amidine groups is 1. The first kappa shape index (κ1) is 22.3. The Labute approximate surface area is 194 Å². The fourth-order valence-electron chi connectivity index (χ4n) is 3.04. The normalized spacial score (nSPS) is 15.3. The highest BCUT2D eigenvalue weighted by Crippen LogP contribution is 2.29. The average molecular weight is 464 g/mol. The number of nitrogens with zero attached hydrogens (tertiary/aromatic N) is 5. The highest BCUT2D eigenvalue weighted by Gasteiger charge is 2.31. The lowest BCUT2D eigenvalue weighted by Crippen LogP contribution is -2.32. The van der Waals surface area contributed by atoms with Gasteiger partial charge in [-0.1, -0.05) is 46.8 Å². The molecule has 0 N–H and O–H groups in total. The standard InChI is InChI=1S/C23H21N5O4S/c1-3-27-14-21(32-26-27)25-20(29)15-33-23-24-19(13-16-8-7-11-18(12-16)31-2)22(30)28(23)17-9-5-4-6-10-17/h4-14H,3,15H2,1-2H3/b19-13+. The van der Waals surface area contributed by atoms with Crippen molar-refractivity contribution in [2.75, 3.05) is 17.8 Å². The van der Waals surface area contributed by atoms with E-state index < -0.39 is 5.90 Å². The molecule has 3 aromatic rings. The summed E-state index contributed by atoms with van der Waals surface area (Å²) in [5.41, 5.74) is 1.70. The number of aryl methyl sites for hydroxylation is 1. The Bertz CT molecular complexity index is 1240. The molecule has 0 saturated heterocycles. The van der Waals surface area contributed by atoms with Crippen LogP contribution >= 0.6 is 11.8 Å². The highest BCUT2D eigenvalue weighted by atomic mass is 32.2. The molecule has 0 bridgehead atoms. The second-order valence-corrected chi connectivity index (χ2v) is 7.81. The summed E-state index contributed by atoms with van der Waals surface area (Å²) in [5.74, 6) is 0.0833. The predicted octanol–water partition coefficient (Wildman–Crippen LogP) is 2.56. The third kappa shape index (κ3) is 5.29. The van der Waals surface area contributed by atoms with Crippen LogP contribution in [-0.2, 0) is 11.3 Å². The maximum atomic E-state index is 13.2. The Morgan fingerprint density at radius 3 is 2.82 bits per heavy atom. The van der Waals surface area contributed by atoms with Crippen LogP contribution in [0.5, 0.6) is 5.75 Å². The Kier molecular flexibility index (Phi) is 6.84. The quantitative estimate of drug-likeness (QED) is 0.231. The van der Waals surface area contributed by atoms with Gasteiger partial charge in [0, 0.05) is 5.75 Å². The zero-order chi connectivity index (χ0) is 23.2. The van der Waals surface area contributed by atoms with Gasteiger partial charge >= 0.3 is 5.88 Å². The van der Waals surface area contributed by atoms with Crippen LogP contribution in [0.3, 0.4) is 0 Å². The first-order valence-electron chi connectivity index (χ1n) is 10.1. The van der Waals surface area contributed by atoms with Crippen molar-refractivity contribution in [3.63, 3.8) is 0 Å². The molecule has 0 unspecified atom stereocenters. The number of anilines is 1. The summed E-state index contributed by atoms with van der Waals surface area (Å²) in [6.45, 7) is 2.50. The third-order valence-corrected chi connectivity index (χ3v) is 5.55. The van der Waals surface area contributed by atoms with Crippen molar-refractivity contribution >= 4 is 46.4 Å². The van der Waals surface area contributed by atoms with Crippen LogP contribution in [-0.4, -0.2) is 35.1 Å². The highest BCUT2D eigenvalue weighted by molar-refractivity contribution is 8.14. The summed E-state index contributed by atoms with van der Waals surface area (Å²) in [5, 5.41) is 16.5. The minimum absolute atomic E-state index is 0.0191. The van der Waals surface area contributed by atoms with E-state index in [2.05, 4.69) is 15.3 Å². The topological polar surface area (TPSA) is 107 Å². The summed E-state index contributed by atoms with van der Waals surface area (Å²) in [6.07, 6.45) is 3.24. The number of benzene rings is 2. The summed E-state index contributed by atoms with van der Waals surface area (Å²) in [7, 11) is 1.58. The molecule has 0 saturated carbocycles. The van der Waals surface area contributed by atoms with E-state index in [0.717, 1.165) is 17.3 Å². The molecule has 168 valence electrons. The number of thioether (sulfide) groups is 1. The largest absolute Gasteiger partial charge is 0.861 e. The van der Waals surface area contributed by atoms with Crippen LogP contribution in [0.1, 0.15) is 12.5 Å². The molecule has 0 spiro atoms. The van der Waals surface area contributed by atoms with Gasteiger partial charge in [0.05, 0.1) is 12.8 Å². The molecule has 33 heavy (non-hydrogen) atoms. The zero-order valence-corrected chi connectivity index (χ0v) is 18.9. The molecular formula is C23H21N5O4S.